The van der Waals surface area contributed by atoms with Crippen LogP contribution in [-0.4, -0.2) is 34.9 Å². The van der Waals surface area contributed by atoms with Crippen molar-refractivity contribution in [3.63, 3.8) is 0 Å². The van der Waals surface area contributed by atoms with Crippen molar-refractivity contribution in [1.82, 2.24) is 4.90 Å². The Labute approximate surface area is 128 Å². The van der Waals surface area contributed by atoms with Gasteiger partial charge in [0.25, 0.3) is 5.91 Å². The zero-order chi connectivity index (χ0) is 16.0. The molecule has 7 heteroatoms. The number of halogens is 2. The molecule has 0 fully saturated rings. The summed E-state index contributed by atoms with van der Waals surface area (Å²) < 4.78 is 13.8. The topological polar surface area (TPSA) is 78.9 Å². The summed E-state index contributed by atoms with van der Waals surface area (Å²) in [5.41, 5.74) is 5.37. The summed E-state index contributed by atoms with van der Waals surface area (Å²) in [4.78, 5) is 13.9. The fraction of sp³-hybridized carbons (Fsp3) is 0.429. The van der Waals surface area contributed by atoms with Gasteiger partial charge in [-0.3, -0.25) is 4.79 Å². The number of nitrogens with two attached hydrogens (primary N) is 1. The van der Waals surface area contributed by atoms with E-state index >= 15 is 0 Å². The molecule has 1 aromatic carbocycles. The van der Waals surface area contributed by atoms with Crippen LogP contribution < -0.4 is 5.73 Å². The zero-order valence-corrected chi connectivity index (χ0v) is 12.8. The second kappa shape index (κ2) is 7.83. The molecule has 0 spiro atoms. The largest absolute Gasteiger partial charge is 0.409 e. The van der Waals surface area contributed by atoms with Gasteiger partial charge in [-0.1, -0.05) is 30.6 Å². The molecule has 0 saturated heterocycles. The first kappa shape index (κ1) is 17.2. The van der Waals surface area contributed by atoms with Gasteiger partial charge >= 0.3 is 0 Å². The number of hydrogen-bond donors (Lipinski definition) is 2. The Morgan fingerprint density at radius 3 is 2.71 bits per heavy atom. The predicted molar refractivity (Wildman–Crippen MR) is 80.2 cm³/mol. The maximum absolute atomic E-state index is 13.8. The molecular formula is C14H19ClFN3O2. The van der Waals surface area contributed by atoms with Crippen LogP contribution in [0.15, 0.2) is 23.4 Å². The number of rotatable bonds is 6. The standard InChI is InChI=1S/C14H19ClFN3O2/c1-9(2)8-19(6-5-13(17)18-21)14(20)11-4-3-10(15)7-12(11)16/h3-4,7,9,21H,5-6,8H2,1-2H3,(H2,17,18). The lowest BCUT2D eigenvalue weighted by atomic mass is 10.1. The third-order valence-corrected chi connectivity index (χ3v) is 3.04. The van der Waals surface area contributed by atoms with Crippen LogP contribution in [0.25, 0.3) is 0 Å². The van der Waals surface area contributed by atoms with Gasteiger partial charge in [-0.25, -0.2) is 4.39 Å². The maximum Gasteiger partial charge on any atom is 0.256 e. The first-order chi connectivity index (χ1) is 9.85. The molecule has 0 unspecified atom stereocenters. The molecule has 0 heterocycles. The summed E-state index contributed by atoms with van der Waals surface area (Å²) in [6.07, 6.45) is 0.212. The molecule has 3 N–H and O–H groups in total. The highest BCUT2D eigenvalue weighted by Gasteiger charge is 2.20. The van der Waals surface area contributed by atoms with E-state index in [1.54, 1.807) is 0 Å². The first-order valence-corrected chi connectivity index (χ1v) is 6.93. The van der Waals surface area contributed by atoms with Gasteiger partial charge in [0.05, 0.1) is 5.56 Å². The fourth-order valence-electron chi connectivity index (χ4n) is 1.85. The van der Waals surface area contributed by atoms with Crippen molar-refractivity contribution >= 4 is 23.3 Å². The van der Waals surface area contributed by atoms with Crippen molar-refractivity contribution in [3.8, 4) is 0 Å². The minimum atomic E-state index is -0.662. The van der Waals surface area contributed by atoms with Crippen molar-refractivity contribution in [3.05, 3.63) is 34.6 Å². The van der Waals surface area contributed by atoms with Gasteiger partial charge in [0.2, 0.25) is 0 Å². The first-order valence-electron chi connectivity index (χ1n) is 6.55. The van der Waals surface area contributed by atoms with Gasteiger partial charge in [-0.15, -0.1) is 0 Å². The van der Waals surface area contributed by atoms with Gasteiger partial charge < -0.3 is 15.8 Å². The number of amides is 1. The van der Waals surface area contributed by atoms with Crippen LogP contribution in [0.3, 0.4) is 0 Å². The normalized spacial score (nSPS) is 11.8. The molecule has 0 saturated carbocycles. The highest BCUT2D eigenvalue weighted by molar-refractivity contribution is 6.30. The number of carbonyl (C=O) groups is 1. The van der Waals surface area contributed by atoms with Gasteiger partial charge in [0.1, 0.15) is 11.7 Å². The Balaban J connectivity index is 2.93. The maximum atomic E-state index is 13.8. The quantitative estimate of drug-likeness (QED) is 0.366. The van der Waals surface area contributed by atoms with E-state index < -0.39 is 11.7 Å². The van der Waals surface area contributed by atoms with Crippen LogP contribution in [0.1, 0.15) is 30.6 Å². The van der Waals surface area contributed by atoms with Gasteiger partial charge in [0.15, 0.2) is 0 Å². The van der Waals surface area contributed by atoms with E-state index in [4.69, 9.17) is 22.5 Å². The van der Waals surface area contributed by atoms with Crippen LogP contribution in [0, 0.1) is 11.7 Å². The van der Waals surface area contributed by atoms with Gasteiger partial charge in [-0.2, -0.15) is 0 Å². The molecular weight excluding hydrogens is 297 g/mol. The minimum Gasteiger partial charge on any atom is -0.409 e. The number of benzene rings is 1. The molecule has 0 aromatic heterocycles. The summed E-state index contributed by atoms with van der Waals surface area (Å²) in [6, 6.07) is 3.93. The number of amidine groups is 1. The van der Waals surface area contributed by atoms with Crippen LogP contribution in [-0.2, 0) is 0 Å². The van der Waals surface area contributed by atoms with Crippen molar-refractivity contribution in [2.45, 2.75) is 20.3 Å². The molecule has 0 atom stereocenters. The molecule has 0 aliphatic rings. The molecule has 5 nitrogen and oxygen atoms in total. The van der Waals surface area contributed by atoms with Crippen LogP contribution in [0.4, 0.5) is 4.39 Å². The Kier molecular flexibility index (Phi) is 6.42. The minimum absolute atomic E-state index is 0.0214. The lowest BCUT2D eigenvalue weighted by Gasteiger charge is -2.24. The Hall–Kier alpha value is -1.82. The van der Waals surface area contributed by atoms with Crippen LogP contribution >= 0.6 is 11.6 Å². The second-order valence-electron chi connectivity index (χ2n) is 5.11. The van der Waals surface area contributed by atoms with E-state index in [0.29, 0.717) is 6.54 Å². The average Bonchev–Trinajstić information content (AvgIpc) is 2.42. The van der Waals surface area contributed by atoms with E-state index in [1.807, 2.05) is 13.8 Å². The van der Waals surface area contributed by atoms with E-state index in [9.17, 15) is 9.18 Å². The van der Waals surface area contributed by atoms with E-state index in [1.165, 1.54) is 17.0 Å². The number of oxime groups is 1. The molecule has 1 rings (SSSR count). The Bertz CT molecular complexity index is 535. The summed E-state index contributed by atoms with van der Waals surface area (Å²) >= 11 is 5.68. The highest BCUT2D eigenvalue weighted by Crippen LogP contribution is 2.17. The monoisotopic (exact) mass is 315 g/mol. The average molecular weight is 316 g/mol. The molecule has 0 radical (unpaired) electrons. The van der Waals surface area contributed by atoms with Gasteiger partial charge in [-0.05, 0) is 24.1 Å². The third-order valence-electron chi connectivity index (χ3n) is 2.80. The third kappa shape index (κ3) is 5.23. The lowest BCUT2D eigenvalue weighted by Crippen LogP contribution is -2.37. The Morgan fingerprint density at radius 2 is 2.19 bits per heavy atom. The lowest BCUT2D eigenvalue weighted by molar-refractivity contribution is 0.0736. The zero-order valence-electron chi connectivity index (χ0n) is 12.0. The van der Waals surface area contributed by atoms with Gasteiger partial charge in [0, 0.05) is 24.5 Å². The predicted octanol–water partition coefficient (Wildman–Crippen LogP) is 2.71. The highest BCUT2D eigenvalue weighted by atomic mass is 35.5. The van der Waals surface area contributed by atoms with E-state index in [-0.39, 0.29) is 35.3 Å². The number of hydrogen-bond acceptors (Lipinski definition) is 3. The SMILES string of the molecule is CC(C)CN(CCC(N)=NO)C(=O)c1ccc(Cl)cc1F. The molecule has 1 amide bonds. The second-order valence-corrected chi connectivity index (χ2v) is 5.55. The molecule has 116 valence electrons. The molecule has 0 bridgehead atoms. The van der Waals surface area contributed by atoms with Crippen LogP contribution in [0.5, 0.6) is 0 Å². The summed E-state index contributed by atoms with van der Waals surface area (Å²) in [7, 11) is 0. The van der Waals surface area contributed by atoms with Crippen molar-refractivity contribution in [2.24, 2.45) is 16.8 Å². The molecule has 1 aromatic rings. The summed E-state index contributed by atoms with van der Waals surface area (Å²) in [5, 5.41) is 11.6. The molecule has 0 aliphatic carbocycles. The summed E-state index contributed by atoms with van der Waals surface area (Å²) in [5.74, 6) is -0.876. The molecule has 21 heavy (non-hydrogen) atoms. The van der Waals surface area contributed by atoms with E-state index in [2.05, 4.69) is 5.16 Å². The van der Waals surface area contributed by atoms with Crippen molar-refractivity contribution < 1.29 is 14.4 Å². The fourth-order valence-corrected chi connectivity index (χ4v) is 2.01. The number of nitrogens with zero attached hydrogens (tertiary/aromatic N) is 2. The number of carbonyl (C=O) groups excluding carboxylic acids is 1. The smallest absolute Gasteiger partial charge is 0.256 e. The van der Waals surface area contributed by atoms with Crippen LogP contribution in [0.2, 0.25) is 5.02 Å². The van der Waals surface area contributed by atoms with Crippen molar-refractivity contribution in [1.29, 1.82) is 0 Å². The Morgan fingerprint density at radius 1 is 1.52 bits per heavy atom. The van der Waals surface area contributed by atoms with E-state index in [0.717, 1.165) is 6.07 Å². The molecule has 0 aliphatic heterocycles. The summed E-state index contributed by atoms with van der Waals surface area (Å²) in [6.45, 7) is 4.58. The van der Waals surface area contributed by atoms with Crippen molar-refractivity contribution in [2.75, 3.05) is 13.1 Å².